The van der Waals surface area contributed by atoms with Crippen LogP contribution in [0.3, 0.4) is 0 Å². The zero-order valence-electron chi connectivity index (χ0n) is 9.88. The first-order valence-corrected chi connectivity index (χ1v) is 6.30. The second-order valence-corrected chi connectivity index (χ2v) is 4.57. The van der Waals surface area contributed by atoms with Gasteiger partial charge in [-0.2, -0.15) is 0 Å². The van der Waals surface area contributed by atoms with Gasteiger partial charge in [0.25, 0.3) is 0 Å². The van der Waals surface area contributed by atoms with Crippen molar-refractivity contribution in [3.05, 3.63) is 46.7 Å². The molecule has 1 aromatic rings. The smallest absolute Gasteiger partial charge is 0.137 e. The number of halogens is 2. The van der Waals surface area contributed by atoms with E-state index >= 15 is 0 Å². The average Bonchev–Trinajstić information content (AvgIpc) is 2.32. The molecule has 0 bridgehead atoms. The van der Waals surface area contributed by atoms with Crippen LogP contribution in [0, 0.1) is 5.82 Å². The van der Waals surface area contributed by atoms with Crippen molar-refractivity contribution in [2.24, 2.45) is 0 Å². The molecule has 0 radical (unpaired) electrons. The Kier molecular flexibility index (Phi) is 6.40. The molecular formula is C13H17BrFNO. The molecule has 4 heteroatoms. The van der Waals surface area contributed by atoms with Crippen LogP contribution < -0.4 is 5.32 Å². The van der Waals surface area contributed by atoms with E-state index in [1.54, 1.807) is 12.1 Å². The summed E-state index contributed by atoms with van der Waals surface area (Å²) >= 11 is 3.23. The lowest BCUT2D eigenvalue weighted by Crippen LogP contribution is -2.26. The Labute approximate surface area is 110 Å². The Morgan fingerprint density at radius 2 is 2.35 bits per heavy atom. The monoisotopic (exact) mass is 301 g/mol. The summed E-state index contributed by atoms with van der Waals surface area (Å²) in [5.41, 5.74) is 0.904. The van der Waals surface area contributed by atoms with Gasteiger partial charge in [-0.25, -0.2) is 4.39 Å². The average molecular weight is 302 g/mol. The normalized spacial score (nSPS) is 12.4. The molecule has 17 heavy (non-hydrogen) atoms. The Bertz CT molecular complexity index is 370. The summed E-state index contributed by atoms with van der Waals surface area (Å²) in [4.78, 5) is 0. The summed E-state index contributed by atoms with van der Waals surface area (Å²) in [5.74, 6) is -0.236. The van der Waals surface area contributed by atoms with Crippen LogP contribution in [0.15, 0.2) is 35.3 Å². The van der Waals surface area contributed by atoms with E-state index in [-0.39, 0.29) is 11.9 Å². The van der Waals surface area contributed by atoms with E-state index < -0.39 is 0 Å². The highest BCUT2D eigenvalue weighted by molar-refractivity contribution is 9.10. The number of benzene rings is 1. The number of hydrogen-bond donors (Lipinski definition) is 1. The topological polar surface area (TPSA) is 21.3 Å². The van der Waals surface area contributed by atoms with E-state index in [0.717, 1.165) is 12.1 Å². The second kappa shape index (κ2) is 7.58. The van der Waals surface area contributed by atoms with Crippen LogP contribution in [-0.4, -0.2) is 19.3 Å². The van der Waals surface area contributed by atoms with Crippen LogP contribution >= 0.6 is 15.9 Å². The molecule has 0 fully saturated rings. The van der Waals surface area contributed by atoms with Gasteiger partial charge < -0.3 is 10.1 Å². The zero-order chi connectivity index (χ0) is 12.7. The van der Waals surface area contributed by atoms with Gasteiger partial charge in [0.15, 0.2) is 0 Å². The fraction of sp³-hybridized carbons (Fsp3) is 0.385. The Balaban J connectivity index is 2.35. The fourth-order valence-corrected chi connectivity index (χ4v) is 1.79. The van der Waals surface area contributed by atoms with Gasteiger partial charge in [0.1, 0.15) is 5.82 Å². The van der Waals surface area contributed by atoms with Gasteiger partial charge in [-0.1, -0.05) is 18.2 Å². The molecule has 1 aromatic carbocycles. The van der Waals surface area contributed by atoms with E-state index in [1.165, 1.54) is 6.07 Å². The van der Waals surface area contributed by atoms with Gasteiger partial charge in [-0.05, 0) is 34.5 Å². The largest absolute Gasteiger partial charge is 0.373 e. The molecule has 0 saturated heterocycles. The number of rotatable bonds is 7. The van der Waals surface area contributed by atoms with E-state index in [9.17, 15) is 4.39 Å². The van der Waals surface area contributed by atoms with Crippen molar-refractivity contribution in [3.63, 3.8) is 0 Å². The first-order valence-electron chi connectivity index (χ1n) is 5.51. The molecule has 0 aliphatic rings. The van der Waals surface area contributed by atoms with Crippen molar-refractivity contribution in [2.45, 2.75) is 19.6 Å². The maximum atomic E-state index is 13.2. The number of ether oxygens (including phenoxy) is 1. The fourth-order valence-electron chi connectivity index (χ4n) is 1.39. The van der Waals surface area contributed by atoms with E-state index in [0.29, 0.717) is 17.6 Å². The van der Waals surface area contributed by atoms with E-state index in [2.05, 4.69) is 27.8 Å². The predicted molar refractivity (Wildman–Crippen MR) is 71.4 cm³/mol. The Morgan fingerprint density at radius 3 is 3.06 bits per heavy atom. The van der Waals surface area contributed by atoms with Crippen molar-refractivity contribution in [2.75, 3.05) is 13.2 Å². The van der Waals surface area contributed by atoms with Crippen LogP contribution in [-0.2, 0) is 11.3 Å². The highest BCUT2D eigenvalue weighted by Gasteiger charge is 2.05. The molecule has 1 unspecified atom stereocenters. The van der Waals surface area contributed by atoms with Crippen LogP contribution in [0.4, 0.5) is 4.39 Å². The van der Waals surface area contributed by atoms with Crippen LogP contribution in [0.25, 0.3) is 0 Å². The molecule has 0 aliphatic heterocycles. The van der Waals surface area contributed by atoms with Crippen molar-refractivity contribution in [3.8, 4) is 0 Å². The summed E-state index contributed by atoms with van der Waals surface area (Å²) in [7, 11) is 0. The second-order valence-electron chi connectivity index (χ2n) is 3.78. The number of hydrogen-bond acceptors (Lipinski definition) is 2. The maximum Gasteiger partial charge on any atom is 0.137 e. The molecule has 0 aliphatic carbocycles. The van der Waals surface area contributed by atoms with Crippen molar-refractivity contribution >= 4 is 15.9 Å². The molecule has 0 heterocycles. The molecule has 94 valence electrons. The third-order valence-corrected chi connectivity index (χ3v) is 3.17. The predicted octanol–water partition coefficient (Wildman–Crippen LogP) is 3.27. The molecule has 1 atom stereocenters. The third-order valence-electron chi connectivity index (χ3n) is 2.28. The molecule has 1 N–H and O–H groups in total. The van der Waals surface area contributed by atoms with Gasteiger partial charge in [0.2, 0.25) is 0 Å². The lowest BCUT2D eigenvalue weighted by Gasteiger charge is -2.13. The summed E-state index contributed by atoms with van der Waals surface area (Å²) in [5, 5.41) is 3.22. The van der Waals surface area contributed by atoms with Crippen LogP contribution in [0.1, 0.15) is 12.5 Å². The number of nitrogens with one attached hydrogen (secondary N) is 1. The summed E-state index contributed by atoms with van der Waals surface area (Å²) in [6.07, 6.45) is 1.83. The van der Waals surface area contributed by atoms with Crippen LogP contribution in [0.5, 0.6) is 0 Å². The molecular weight excluding hydrogens is 285 g/mol. The van der Waals surface area contributed by atoms with Crippen molar-refractivity contribution in [1.29, 1.82) is 0 Å². The van der Waals surface area contributed by atoms with Gasteiger partial charge in [-0.3, -0.25) is 0 Å². The Morgan fingerprint density at radius 1 is 1.59 bits per heavy atom. The summed E-state index contributed by atoms with van der Waals surface area (Å²) < 4.78 is 19.2. The van der Waals surface area contributed by atoms with Gasteiger partial charge >= 0.3 is 0 Å². The minimum atomic E-state index is -0.236. The first-order chi connectivity index (χ1) is 8.15. The summed E-state index contributed by atoms with van der Waals surface area (Å²) in [6, 6.07) is 5.02. The summed E-state index contributed by atoms with van der Waals surface area (Å²) in [6.45, 7) is 7.45. The maximum absolute atomic E-state index is 13.2. The molecule has 2 nitrogen and oxygen atoms in total. The molecule has 1 rings (SSSR count). The third kappa shape index (κ3) is 4.98. The lowest BCUT2D eigenvalue weighted by atomic mass is 10.2. The van der Waals surface area contributed by atoms with Crippen molar-refractivity contribution < 1.29 is 9.13 Å². The first kappa shape index (κ1) is 14.4. The lowest BCUT2D eigenvalue weighted by molar-refractivity contribution is 0.0877. The SMILES string of the molecule is C=CCOC(C)CNCc1cccc(F)c1Br. The zero-order valence-corrected chi connectivity index (χ0v) is 11.5. The standard InChI is InChI=1S/C13H17BrFNO/c1-3-7-17-10(2)8-16-9-11-5-4-6-12(15)13(11)14/h3-6,10,16H,1,7-9H2,2H3. The van der Waals surface area contributed by atoms with Crippen LogP contribution in [0.2, 0.25) is 0 Å². The molecule has 0 amide bonds. The van der Waals surface area contributed by atoms with Gasteiger partial charge in [-0.15, -0.1) is 6.58 Å². The van der Waals surface area contributed by atoms with E-state index in [1.807, 2.05) is 13.0 Å². The van der Waals surface area contributed by atoms with Crippen molar-refractivity contribution in [1.82, 2.24) is 5.32 Å². The highest BCUT2D eigenvalue weighted by Crippen LogP contribution is 2.19. The molecule has 0 saturated carbocycles. The van der Waals surface area contributed by atoms with Gasteiger partial charge in [0.05, 0.1) is 17.2 Å². The highest BCUT2D eigenvalue weighted by atomic mass is 79.9. The quantitative estimate of drug-likeness (QED) is 0.781. The van der Waals surface area contributed by atoms with E-state index in [4.69, 9.17) is 4.74 Å². The molecule has 0 spiro atoms. The Hall–Kier alpha value is -0.710. The minimum Gasteiger partial charge on any atom is -0.373 e. The minimum absolute atomic E-state index is 0.111. The molecule has 0 aromatic heterocycles. The van der Waals surface area contributed by atoms with Gasteiger partial charge in [0, 0.05) is 13.1 Å².